The van der Waals surface area contributed by atoms with Crippen molar-refractivity contribution in [3.63, 3.8) is 0 Å². The van der Waals surface area contributed by atoms with Crippen molar-refractivity contribution in [1.29, 1.82) is 0 Å². The zero-order chi connectivity index (χ0) is 22.6. The molecule has 168 valence electrons. The molecule has 1 aliphatic heterocycles. The summed E-state index contributed by atoms with van der Waals surface area (Å²) in [5.41, 5.74) is 0.233. The average Bonchev–Trinajstić information content (AvgIpc) is 2.72. The molecule has 3 rings (SSSR count). The van der Waals surface area contributed by atoms with Crippen LogP contribution in [-0.2, 0) is 11.0 Å². The highest BCUT2D eigenvalue weighted by atomic mass is 35.5. The van der Waals surface area contributed by atoms with Crippen molar-refractivity contribution in [1.82, 2.24) is 9.88 Å². The molecule has 0 bridgehead atoms. The second-order valence-electron chi connectivity index (χ2n) is 7.71. The fraction of sp³-hybridized carbons (Fsp3) is 0.455. The molecule has 1 aromatic carbocycles. The number of nitrogens with zero attached hydrogens (tertiary/aromatic N) is 3. The summed E-state index contributed by atoms with van der Waals surface area (Å²) in [5.74, 6) is 0.989. The number of ether oxygens (including phenoxy) is 1. The Hall–Kier alpha value is -2.48. The minimum Gasteiger partial charge on any atom is -0.492 e. The predicted octanol–water partition coefficient (Wildman–Crippen LogP) is 4.82. The number of rotatable bonds is 6. The molecule has 0 N–H and O–H groups in total. The Kier molecular flexibility index (Phi) is 7.30. The first-order valence-electron chi connectivity index (χ1n) is 10.1. The molecule has 1 saturated heterocycles. The molecule has 0 spiro atoms. The van der Waals surface area contributed by atoms with Gasteiger partial charge in [-0.05, 0) is 43.5 Å². The third-order valence-corrected chi connectivity index (χ3v) is 5.63. The Balaban J connectivity index is 1.49. The normalized spacial score (nSPS) is 15.1. The molecule has 1 aromatic heterocycles. The van der Waals surface area contributed by atoms with Gasteiger partial charge in [-0.25, -0.2) is 4.98 Å². The Bertz CT molecular complexity index is 915. The number of anilines is 1. The molecule has 31 heavy (non-hydrogen) atoms. The fourth-order valence-corrected chi connectivity index (χ4v) is 3.87. The van der Waals surface area contributed by atoms with Crippen LogP contribution in [0.1, 0.15) is 24.0 Å². The molecular formula is C22H25ClF3N3O2. The van der Waals surface area contributed by atoms with E-state index >= 15 is 0 Å². The summed E-state index contributed by atoms with van der Waals surface area (Å²) in [7, 11) is 1.75. The van der Waals surface area contributed by atoms with Crippen LogP contribution in [0.3, 0.4) is 0 Å². The van der Waals surface area contributed by atoms with Gasteiger partial charge in [0.15, 0.2) is 0 Å². The monoisotopic (exact) mass is 455 g/mol. The highest BCUT2D eigenvalue weighted by Crippen LogP contribution is 2.34. The van der Waals surface area contributed by atoms with E-state index in [1.54, 1.807) is 11.9 Å². The minimum absolute atomic E-state index is 0.0370. The van der Waals surface area contributed by atoms with Crippen LogP contribution >= 0.6 is 11.6 Å². The Morgan fingerprint density at radius 3 is 2.61 bits per heavy atom. The van der Waals surface area contributed by atoms with Crippen LogP contribution in [0, 0.1) is 12.8 Å². The molecule has 0 unspecified atom stereocenters. The van der Waals surface area contributed by atoms with Crippen LogP contribution in [0.5, 0.6) is 5.75 Å². The Labute approximate surface area is 184 Å². The number of benzene rings is 1. The molecule has 5 nitrogen and oxygen atoms in total. The van der Waals surface area contributed by atoms with Crippen LogP contribution in [-0.4, -0.2) is 49.1 Å². The molecular weight excluding hydrogens is 431 g/mol. The predicted molar refractivity (Wildman–Crippen MR) is 113 cm³/mol. The quantitative estimate of drug-likeness (QED) is 0.626. The number of piperidine rings is 1. The maximum Gasteiger partial charge on any atom is 0.417 e. The topological polar surface area (TPSA) is 45.7 Å². The van der Waals surface area contributed by atoms with E-state index < -0.39 is 11.7 Å². The van der Waals surface area contributed by atoms with E-state index in [1.807, 2.05) is 36.1 Å². The van der Waals surface area contributed by atoms with Gasteiger partial charge in [0.05, 0.1) is 17.1 Å². The zero-order valence-electron chi connectivity index (χ0n) is 17.5. The SMILES string of the molecule is Cc1cccc(OCCN(C)C(=O)C2CCN(c3ncc(C(F)(F)F)cc3Cl)CC2)c1. The summed E-state index contributed by atoms with van der Waals surface area (Å²) in [6.07, 6.45) is -2.52. The van der Waals surface area contributed by atoms with Crippen molar-refractivity contribution >= 4 is 23.3 Å². The lowest BCUT2D eigenvalue weighted by Crippen LogP contribution is -2.42. The summed E-state index contributed by atoms with van der Waals surface area (Å²) in [6, 6.07) is 8.62. The molecule has 1 amide bonds. The van der Waals surface area contributed by atoms with Crippen molar-refractivity contribution in [2.45, 2.75) is 25.9 Å². The van der Waals surface area contributed by atoms with E-state index in [0.29, 0.717) is 44.9 Å². The van der Waals surface area contributed by atoms with Gasteiger partial charge in [-0.3, -0.25) is 4.79 Å². The molecule has 2 aromatic rings. The van der Waals surface area contributed by atoms with Gasteiger partial charge in [0.25, 0.3) is 0 Å². The minimum atomic E-state index is -4.48. The first-order valence-corrected chi connectivity index (χ1v) is 10.4. The second-order valence-corrected chi connectivity index (χ2v) is 8.12. The number of pyridine rings is 1. The van der Waals surface area contributed by atoms with Crippen LogP contribution in [0.25, 0.3) is 0 Å². The van der Waals surface area contributed by atoms with Crippen molar-refractivity contribution in [3.05, 3.63) is 52.7 Å². The third-order valence-electron chi connectivity index (χ3n) is 5.35. The van der Waals surface area contributed by atoms with Crippen molar-refractivity contribution in [2.24, 2.45) is 5.92 Å². The average molecular weight is 456 g/mol. The van der Waals surface area contributed by atoms with Gasteiger partial charge in [-0.15, -0.1) is 0 Å². The third kappa shape index (κ3) is 6.03. The second kappa shape index (κ2) is 9.77. The molecule has 0 aliphatic carbocycles. The maximum absolute atomic E-state index is 12.8. The van der Waals surface area contributed by atoms with Gasteiger partial charge < -0.3 is 14.5 Å². The highest BCUT2D eigenvalue weighted by molar-refractivity contribution is 6.33. The molecule has 2 heterocycles. The van der Waals surface area contributed by atoms with Gasteiger partial charge in [0, 0.05) is 32.3 Å². The fourth-order valence-electron chi connectivity index (χ4n) is 3.58. The number of aromatic nitrogens is 1. The first-order chi connectivity index (χ1) is 14.6. The van der Waals surface area contributed by atoms with Crippen LogP contribution in [0.2, 0.25) is 5.02 Å². The molecule has 1 aliphatic rings. The molecule has 0 saturated carbocycles. The summed E-state index contributed by atoms with van der Waals surface area (Å²) >= 11 is 6.04. The lowest BCUT2D eigenvalue weighted by molar-refractivity contribution is -0.138. The van der Waals surface area contributed by atoms with Gasteiger partial charge in [0.2, 0.25) is 5.91 Å². The van der Waals surface area contributed by atoms with Crippen molar-refractivity contribution in [2.75, 3.05) is 38.2 Å². The van der Waals surface area contributed by atoms with E-state index in [2.05, 4.69) is 4.98 Å². The van der Waals surface area contributed by atoms with Gasteiger partial charge >= 0.3 is 6.18 Å². The number of carbonyl (C=O) groups excluding carboxylic acids is 1. The number of halogens is 4. The van der Waals surface area contributed by atoms with E-state index in [4.69, 9.17) is 16.3 Å². The first kappa shape index (κ1) is 23.2. The van der Waals surface area contributed by atoms with Crippen LogP contribution in [0.15, 0.2) is 36.5 Å². The van der Waals surface area contributed by atoms with E-state index in [0.717, 1.165) is 23.6 Å². The molecule has 0 atom stereocenters. The van der Waals surface area contributed by atoms with E-state index in [9.17, 15) is 18.0 Å². The van der Waals surface area contributed by atoms with Crippen molar-refractivity contribution < 1.29 is 22.7 Å². The van der Waals surface area contributed by atoms with Crippen molar-refractivity contribution in [3.8, 4) is 5.75 Å². The summed E-state index contributed by atoms with van der Waals surface area (Å²) in [6.45, 7) is 3.86. The molecule has 0 radical (unpaired) electrons. The summed E-state index contributed by atoms with van der Waals surface area (Å²) < 4.78 is 44.1. The number of alkyl halides is 3. The Morgan fingerprint density at radius 2 is 2.00 bits per heavy atom. The van der Waals surface area contributed by atoms with E-state index in [-0.39, 0.29) is 16.8 Å². The number of likely N-dealkylation sites (N-methyl/N-ethyl adjacent to an activating group) is 1. The molecule has 9 heteroatoms. The zero-order valence-corrected chi connectivity index (χ0v) is 18.2. The number of aryl methyl sites for hydroxylation is 1. The molecule has 1 fully saturated rings. The standard InChI is InChI=1S/C22H25ClF3N3O2/c1-15-4-3-5-18(12-15)31-11-10-28(2)21(30)16-6-8-29(9-7-16)20-19(23)13-17(14-27-20)22(24,25)26/h3-5,12-14,16H,6-11H2,1-2H3. The maximum atomic E-state index is 12.8. The number of hydrogen-bond acceptors (Lipinski definition) is 4. The highest BCUT2D eigenvalue weighted by Gasteiger charge is 2.33. The summed E-state index contributed by atoms with van der Waals surface area (Å²) in [4.78, 5) is 20.1. The number of carbonyl (C=O) groups is 1. The lowest BCUT2D eigenvalue weighted by Gasteiger charge is -2.34. The van der Waals surface area contributed by atoms with Gasteiger partial charge in [0.1, 0.15) is 18.2 Å². The largest absolute Gasteiger partial charge is 0.492 e. The van der Waals surface area contributed by atoms with Crippen LogP contribution in [0.4, 0.5) is 19.0 Å². The summed E-state index contributed by atoms with van der Waals surface area (Å²) in [5, 5.41) is -0.0370. The lowest BCUT2D eigenvalue weighted by atomic mass is 9.95. The smallest absolute Gasteiger partial charge is 0.417 e. The van der Waals surface area contributed by atoms with E-state index in [1.165, 1.54) is 0 Å². The van der Waals surface area contributed by atoms with Crippen LogP contribution < -0.4 is 9.64 Å². The Morgan fingerprint density at radius 1 is 1.29 bits per heavy atom. The number of hydrogen-bond donors (Lipinski definition) is 0. The van der Waals surface area contributed by atoms with Gasteiger partial charge in [-0.2, -0.15) is 13.2 Å². The van der Waals surface area contributed by atoms with Gasteiger partial charge in [-0.1, -0.05) is 23.7 Å². The number of amides is 1.